The quantitative estimate of drug-likeness (QED) is 0.328. The Morgan fingerprint density at radius 3 is 2.78 bits per heavy atom. The fourth-order valence-electron chi connectivity index (χ4n) is 5.19. The third kappa shape index (κ3) is 7.18. The molecule has 1 unspecified atom stereocenters. The van der Waals surface area contributed by atoms with Crippen LogP contribution in [0.2, 0.25) is 0 Å². The second-order valence-electron chi connectivity index (χ2n) is 9.45. The number of likely N-dealkylation sites (tertiary alicyclic amines) is 1. The molecule has 2 aromatic heterocycles. The van der Waals surface area contributed by atoms with Crippen molar-refractivity contribution < 1.29 is 19.7 Å². The fraction of sp³-hybridized carbons (Fsp3) is 0.464. The molecule has 0 spiro atoms. The van der Waals surface area contributed by atoms with Crippen LogP contribution in [-0.4, -0.2) is 63.5 Å². The summed E-state index contributed by atoms with van der Waals surface area (Å²) >= 11 is 1.83. The average Bonchev–Trinajstić information content (AvgIpc) is 2.91. The zero-order chi connectivity index (χ0) is 25.3. The predicted molar refractivity (Wildman–Crippen MR) is 142 cm³/mol. The van der Waals surface area contributed by atoms with Crippen molar-refractivity contribution >= 4 is 28.6 Å². The third-order valence-electron chi connectivity index (χ3n) is 7.18. The van der Waals surface area contributed by atoms with Gasteiger partial charge in [0, 0.05) is 54.1 Å². The summed E-state index contributed by atoms with van der Waals surface area (Å²) in [5.74, 6) is 1.73. The number of thioether (sulfide) groups is 1. The number of aliphatic hydroxyl groups is 1. The molecule has 4 rings (SSSR count). The van der Waals surface area contributed by atoms with Gasteiger partial charge in [-0.1, -0.05) is 0 Å². The van der Waals surface area contributed by atoms with Gasteiger partial charge in [-0.2, -0.15) is 0 Å². The van der Waals surface area contributed by atoms with E-state index in [2.05, 4.69) is 14.9 Å². The highest BCUT2D eigenvalue weighted by atomic mass is 32.2. The molecule has 1 aliphatic heterocycles. The van der Waals surface area contributed by atoms with Gasteiger partial charge in [-0.3, -0.25) is 14.8 Å². The molecular formula is C28H35N3O4S. The molecule has 3 heterocycles. The maximum Gasteiger partial charge on any atom is 0.303 e. The number of hydrogen-bond acceptors (Lipinski definition) is 7. The number of carboxylic acid groups (broad SMARTS) is 1. The summed E-state index contributed by atoms with van der Waals surface area (Å²) in [7, 11) is 1.63. The van der Waals surface area contributed by atoms with E-state index in [0.717, 1.165) is 60.4 Å². The van der Waals surface area contributed by atoms with Crippen LogP contribution in [0.25, 0.3) is 10.9 Å². The number of aliphatic carboxylic acids is 1. The number of rotatable bonds is 12. The summed E-state index contributed by atoms with van der Waals surface area (Å²) in [6.07, 6.45) is 8.19. The maximum atomic E-state index is 11.3. The van der Waals surface area contributed by atoms with Gasteiger partial charge in [-0.25, -0.2) is 0 Å². The fourth-order valence-corrected chi connectivity index (χ4v) is 6.09. The third-order valence-corrected chi connectivity index (χ3v) is 8.17. The van der Waals surface area contributed by atoms with Crippen LogP contribution in [0.15, 0.2) is 59.9 Å². The molecule has 8 heteroatoms. The van der Waals surface area contributed by atoms with E-state index in [1.165, 1.54) is 4.90 Å². The first kappa shape index (κ1) is 26.4. The van der Waals surface area contributed by atoms with Gasteiger partial charge in [0.05, 0.1) is 18.7 Å². The monoisotopic (exact) mass is 509 g/mol. The van der Waals surface area contributed by atoms with E-state index in [9.17, 15) is 15.0 Å². The maximum absolute atomic E-state index is 11.3. The molecule has 36 heavy (non-hydrogen) atoms. The van der Waals surface area contributed by atoms with E-state index in [1.807, 2.05) is 60.6 Å². The molecule has 1 aromatic carbocycles. The number of aliphatic hydroxyl groups excluding tert-OH is 1. The number of carbonyl (C=O) groups is 1. The van der Waals surface area contributed by atoms with Crippen molar-refractivity contribution in [1.29, 1.82) is 0 Å². The number of aromatic nitrogens is 2. The SMILES string of the molecule is COc1ccc2nccc(C(O)CC[C@@H]3CCN(CCSc4ccncc4)C[C@@H]3CCC(=O)O)c2c1. The van der Waals surface area contributed by atoms with Crippen molar-refractivity contribution in [3.63, 3.8) is 0 Å². The first-order chi connectivity index (χ1) is 17.5. The van der Waals surface area contributed by atoms with E-state index < -0.39 is 12.1 Å². The second kappa shape index (κ2) is 13.0. The van der Waals surface area contributed by atoms with Gasteiger partial charge in [0.15, 0.2) is 0 Å². The van der Waals surface area contributed by atoms with Crippen LogP contribution in [0.5, 0.6) is 5.75 Å². The Labute approximate surface area is 216 Å². The van der Waals surface area contributed by atoms with Gasteiger partial charge >= 0.3 is 5.97 Å². The lowest BCUT2D eigenvalue weighted by Crippen LogP contribution is -2.41. The molecule has 2 N–H and O–H groups in total. The zero-order valence-corrected chi connectivity index (χ0v) is 21.6. The molecule has 3 atom stereocenters. The summed E-state index contributed by atoms with van der Waals surface area (Å²) in [5, 5.41) is 21.3. The number of hydrogen-bond donors (Lipinski definition) is 2. The molecule has 1 fully saturated rings. The Hall–Kier alpha value is -2.68. The summed E-state index contributed by atoms with van der Waals surface area (Å²) in [6.45, 7) is 2.91. The number of piperidine rings is 1. The summed E-state index contributed by atoms with van der Waals surface area (Å²) in [6, 6.07) is 11.7. The largest absolute Gasteiger partial charge is 0.497 e. The van der Waals surface area contributed by atoms with Gasteiger partial charge in [0.1, 0.15) is 5.75 Å². The predicted octanol–water partition coefficient (Wildman–Crippen LogP) is 5.05. The van der Waals surface area contributed by atoms with Crippen LogP contribution >= 0.6 is 11.8 Å². The molecule has 0 aliphatic carbocycles. The number of ether oxygens (including phenoxy) is 1. The van der Waals surface area contributed by atoms with Crippen molar-refractivity contribution in [2.24, 2.45) is 11.8 Å². The van der Waals surface area contributed by atoms with Crippen LogP contribution in [0.4, 0.5) is 0 Å². The lowest BCUT2D eigenvalue weighted by atomic mass is 9.79. The second-order valence-corrected chi connectivity index (χ2v) is 10.6. The van der Waals surface area contributed by atoms with Crippen molar-refractivity contribution in [2.45, 2.75) is 43.1 Å². The van der Waals surface area contributed by atoms with Gasteiger partial charge in [0.2, 0.25) is 0 Å². The Morgan fingerprint density at radius 2 is 2.00 bits per heavy atom. The minimum atomic E-state index is -0.739. The van der Waals surface area contributed by atoms with Crippen molar-refractivity contribution in [3.05, 3.63) is 60.6 Å². The lowest BCUT2D eigenvalue weighted by Gasteiger charge is -2.39. The van der Waals surface area contributed by atoms with Crippen LogP contribution in [0.1, 0.15) is 43.8 Å². The molecule has 1 saturated heterocycles. The van der Waals surface area contributed by atoms with Gasteiger partial charge in [-0.15, -0.1) is 11.8 Å². The van der Waals surface area contributed by atoms with Gasteiger partial charge in [0.25, 0.3) is 0 Å². The van der Waals surface area contributed by atoms with Crippen molar-refractivity contribution in [2.75, 3.05) is 32.5 Å². The molecule has 3 aromatic rings. The minimum Gasteiger partial charge on any atom is -0.497 e. The molecule has 0 bridgehead atoms. The molecule has 1 aliphatic rings. The summed E-state index contributed by atoms with van der Waals surface area (Å²) in [5.41, 5.74) is 1.70. The van der Waals surface area contributed by atoms with Crippen LogP contribution < -0.4 is 4.74 Å². The Bertz CT molecular complexity index is 1130. The molecular weight excluding hydrogens is 474 g/mol. The van der Waals surface area contributed by atoms with Crippen LogP contribution in [0.3, 0.4) is 0 Å². The molecule has 7 nitrogen and oxygen atoms in total. The standard InChI is InChI=1S/C28H35N3O4S/c1-35-22-4-5-26-25(18-22)24(10-14-30-26)27(32)6-2-20-11-15-31(19-21(20)3-7-28(33)34)16-17-36-23-8-12-29-13-9-23/h4-5,8-10,12-14,18,20-21,27,32H,2-3,6-7,11,15-17,19H2,1H3,(H,33,34)/t20-,21+,27?/m1/s1. The van der Waals surface area contributed by atoms with Crippen molar-refractivity contribution in [3.8, 4) is 5.75 Å². The summed E-state index contributed by atoms with van der Waals surface area (Å²) < 4.78 is 5.37. The molecule has 0 amide bonds. The Kier molecular flexibility index (Phi) is 9.55. The van der Waals surface area contributed by atoms with Crippen LogP contribution in [0, 0.1) is 11.8 Å². The Balaban J connectivity index is 1.35. The van der Waals surface area contributed by atoms with E-state index in [4.69, 9.17) is 4.74 Å². The number of carboxylic acids is 1. The van der Waals surface area contributed by atoms with Gasteiger partial charge in [-0.05, 0) is 86.0 Å². The highest BCUT2D eigenvalue weighted by molar-refractivity contribution is 7.99. The summed E-state index contributed by atoms with van der Waals surface area (Å²) in [4.78, 5) is 23.5. The number of fused-ring (bicyclic) bond motifs is 1. The average molecular weight is 510 g/mol. The number of methoxy groups -OCH3 is 1. The molecule has 0 saturated carbocycles. The van der Waals surface area contributed by atoms with Gasteiger partial charge < -0.3 is 19.8 Å². The highest BCUT2D eigenvalue weighted by Gasteiger charge is 2.30. The first-order valence-electron chi connectivity index (χ1n) is 12.6. The molecule has 192 valence electrons. The highest BCUT2D eigenvalue weighted by Crippen LogP contribution is 2.35. The van der Waals surface area contributed by atoms with Crippen molar-refractivity contribution in [1.82, 2.24) is 14.9 Å². The molecule has 0 radical (unpaired) electrons. The van der Waals surface area contributed by atoms with E-state index in [1.54, 1.807) is 13.3 Å². The number of pyridine rings is 2. The minimum absolute atomic E-state index is 0.193. The zero-order valence-electron chi connectivity index (χ0n) is 20.8. The number of nitrogens with zero attached hydrogens (tertiary/aromatic N) is 3. The van der Waals surface area contributed by atoms with E-state index in [-0.39, 0.29) is 6.42 Å². The smallest absolute Gasteiger partial charge is 0.303 e. The van der Waals surface area contributed by atoms with Crippen LogP contribution in [-0.2, 0) is 4.79 Å². The normalized spacial score (nSPS) is 19.3. The lowest BCUT2D eigenvalue weighted by molar-refractivity contribution is -0.137. The number of benzene rings is 1. The van der Waals surface area contributed by atoms with E-state index >= 15 is 0 Å². The topological polar surface area (TPSA) is 95.8 Å². The van der Waals surface area contributed by atoms with E-state index in [0.29, 0.717) is 24.7 Å². The Morgan fingerprint density at radius 1 is 1.17 bits per heavy atom. The first-order valence-corrected chi connectivity index (χ1v) is 13.6.